The molecule has 1 aliphatic rings. The number of nitrogens with one attached hydrogen (secondary N) is 2. The molecule has 0 unspecified atom stereocenters. The first kappa shape index (κ1) is 19.2. The third-order valence-corrected chi connectivity index (χ3v) is 3.57. The number of nitrogens with zero attached hydrogens (tertiary/aromatic N) is 2. The molecule has 2 N–H and O–H groups in total. The van der Waals surface area contributed by atoms with Crippen molar-refractivity contribution in [2.24, 2.45) is 0 Å². The third-order valence-electron chi connectivity index (χ3n) is 3.57. The number of amides is 1. The van der Waals surface area contributed by atoms with Gasteiger partial charge in [0.1, 0.15) is 0 Å². The van der Waals surface area contributed by atoms with Gasteiger partial charge < -0.3 is 15.2 Å². The summed E-state index contributed by atoms with van der Waals surface area (Å²) < 4.78 is 1.90. The van der Waals surface area contributed by atoms with Crippen LogP contribution in [0, 0.1) is 0 Å². The second-order valence-electron chi connectivity index (χ2n) is 5.02. The van der Waals surface area contributed by atoms with Gasteiger partial charge in [0.15, 0.2) is 0 Å². The molecule has 2 heterocycles. The normalized spacial score (nSPS) is 13.3. The van der Waals surface area contributed by atoms with E-state index in [1.165, 1.54) is 5.57 Å². The predicted octanol–water partition coefficient (Wildman–Crippen LogP) is 2.37. The first-order chi connectivity index (χ1) is 10.3. The van der Waals surface area contributed by atoms with Crippen molar-refractivity contribution < 1.29 is 4.79 Å². The van der Waals surface area contributed by atoms with Gasteiger partial charge in [-0.1, -0.05) is 11.6 Å². The minimum atomic E-state index is -0.0355. The van der Waals surface area contributed by atoms with Gasteiger partial charge in [-0.3, -0.25) is 4.79 Å². The molecule has 0 radical (unpaired) electrons. The molecular formula is C16H20Cl2N4O. The van der Waals surface area contributed by atoms with E-state index in [0.717, 1.165) is 25.2 Å². The lowest BCUT2D eigenvalue weighted by molar-refractivity contribution is 0.0956. The molecule has 0 spiro atoms. The Hall–Kier alpha value is -1.82. The van der Waals surface area contributed by atoms with Crippen LogP contribution in [-0.2, 0) is 0 Å². The van der Waals surface area contributed by atoms with Crippen LogP contribution in [0.4, 0.5) is 0 Å². The highest BCUT2D eigenvalue weighted by Gasteiger charge is 2.08. The summed E-state index contributed by atoms with van der Waals surface area (Å²) in [6.45, 7) is 2.51. The molecule has 23 heavy (non-hydrogen) atoms. The second kappa shape index (κ2) is 9.35. The zero-order valence-corrected chi connectivity index (χ0v) is 14.2. The van der Waals surface area contributed by atoms with E-state index in [4.69, 9.17) is 0 Å². The fraction of sp³-hybridized carbons (Fsp3) is 0.250. The highest BCUT2D eigenvalue weighted by Crippen LogP contribution is 2.09. The lowest BCUT2D eigenvalue weighted by atomic mass is 10.1. The monoisotopic (exact) mass is 354 g/mol. The molecule has 0 bridgehead atoms. The number of hydrogen-bond acceptors (Lipinski definition) is 3. The number of rotatable bonds is 4. The lowest BCUT2D eigenvalue weighted by Crippen LogP contribution is -2.29. The van der Waals surface area contributed by atoms with Crippen LogP contribution in [0.5, 0.6) is 0 Å². The molecular weight excluding hydrogens is 335 g/mol. The Morgan fingerprint density at radius 1 is 1.26 bits per heavy atom. The predicted molar refractivity (Wildman–Crippen MR) is 96.0 cm³/mol. The first-order valence-electron chi connectivity index (χ1n) is 7.08. The summed E-state index contributed by atoms with van der Waals surface area (Å²) in [5, 5.41) is 6.23. The van der Waals surface area contributed by atoms with Crippen LogP contribution in [0.25, 0.3) is 5.69 Å². The molecule has 7 heteroatoms. The fourth-order valence-electron chi connectivity index (χ4n) is 2.32. The van der Waals surface area contributed by atoms with Gasteiger partial charge in [0.25, 0.3) is 5.91 Å². The van der Waals surface area contributed by atoms with Crippen LogP contribution in [0.15, 0.2) is 54.6 Å². The summed E-state index contributed by atoms with van der Waals surface area (Å²) in [5.41, 5.74) is 2.95. The summed E-state index contributed by atoms with van der Waals surface area (Å²) in [5.74, 6) is -0.0355. The van der Waals surface area contributed by atoms with E-state index in [0.29, 0.717) is 12.1 Å². The summed E-state index contributed by atoms with van der Waals surface area (Å²) in [4.78, 5) is 16.1. The van der Waals surface area contributed by atoms with Gasteiger partial charge in [0.2, 0.25) is 0 Å². The number of carbonyl (C=O) groups excluding carboxylic acids is 1. The van der Waals surface area contributed by atoms with Crippen molar-refractivity contribution in [2.75, 3.05) is 19.6 Å². The first-order valence-corrected chi connectivity index (χ1v) is 7.08. The largest absolute Gasteiger partial charge is 0.348 e. The maximum Gasteiger partial charge on any atom is 0.251 e. The number of carbonyl (C=O) groups is 1. The van der Waals surface area contributed by atoms with Crippen LogP contribution in [0.2, 0.25) is 0 Å². The van der Waals surface area contributed by atoms with Crippen molar-refractivity contribution in [1.82, 2.24) is 20.2 Å². The van der Waals surface area contributed by atoms with Gasteiger partial charge in [-0.2, -0.15) is 0 Å². The average molecular weight is 355 g/mol. The van der Waals surface area contributed by atoms with E-state index < -0.39 is 0 Å². The molecule has 2 aromatic rings. The molecule has 1 aromatic carbocycles. The van der Waals surface area contributed by atoms with E-state index in [9.17, 15) is 4.79 Å². The van der Waals surface area contributed by atoms with Crippen molar-refractivity contribution in [3.63, 3.8) is 0 Å². The fourth-order valence-corrected chi connectivity index (χ4v) is 2.32. The third kappa shape index (κ3) is 5.10. The molecule has 0 atom stereocenters. The maximum atomic E-state index is 12.1. The van der Waals surface area contributed by atoms with Crippen LogP contribution >= 0.6 is 24.8 Å². The smallest absolute Gasteiger partial charge is 0.251 e. The number of hydrogen-bond donors (Lipinski definition) is 2. The molecule has 0 fully saturated rings. The minimum absolute atomic E-state index is 0. The van der Waals surface area contributed by atoms with Gasteiger partial charge in [0, 0.05) is 36.7 Å². The Morgan fingerprint density at radius 3 is 2.65 bits per heavy atom. The summed E-state index contributed by atoms with van der Waals surface area (Å²) in [6, 6.07) is 7.50. The average Bonchev–Trinajstić information content (AvgIpc) is 3.08. The lowest BCUT2D eigenvalue weighted by Gasteiger charge is -2.14. The van der Waals surface area contributed by atoms with E-state index >= 15 is 0 Å². The van der Waals surface area contributed by atoms with E-state index in [1.807, 2.05) is 35.0 Å². The Kier molecular flexibility index (Phi) is 7.81. The number of imidazole rings is 1. The van der Waals surface area contributed by atoms with Crippen molar-refractivity contribution >= 4 is 30.7 Å². The summed E-state index contributed by atoms with van der Waals surface area (Å²) in [6.07, 6.45) is 8.48. The molecule has 1 amide bonds. The van der Waals surface area contributed by atoms with E-state index in [-0.39, 0.29) is 30.7 Å². The van der Waals surface area contributed by atoms with Crippen LogP contribution in [0.1, 0.15) is 16.8 Å². The molecule has 1 aromatic heterocycles. The Labute approximate surface area is 148 Å². The van der Waals surface area contributed by atoms with Crippen molar-refractivity contribution in [1.29, 1.82) is 0 Å². The number of benzene rings is 1. The SMILES string of the molecule is Cl.Cl.O=C(NCC1=CCNCC1)c1ccc(-n2ccnc2)cc1. The van der Waals surface area contributed by atoms with Gasteiger partial charge >= 0.3 is 0 Å². The van der Waals surface area contributed by atoms with Crippen LogP contribution in [-0.4, -0.2) is 35.1 Å². The second-order valence-corrected chi connectivity index (χ2v) is 5.02. The molecule has 0 aliphatic carbocycles. The van der Waals surface area contributed by atoms with Crippen molar-refractivity contribution in [2.45, 2.75) is 6.42 Å². The van der Waals surface area contributed by atoms with Crippen molar-refractivity contribution in [3.05, 3.63) is 60.2 Å². The quantitative estimate of drug-likeness (QED) is 0.828. The molecule has 0 saturated heterocycles. The molecule has 124 valence electrons. The van der Waals surface area contributed by atoms with Gasteiger partial charge in [-0.15, -0.1) is 24.8 Å². The maximum absolute atomic E-state index is 12.1. The highest BCUT2D eigenvalue weighted by atomic mass is 35.5. The van der Waals surface area contributed by atoms with Crippen LogP contribution in [0.3, 0.4) is 0 Å². The van der Waals surface area contributed by atoms with Crippen molar-refractivity contribution in [3.8, 4) is 5.69 Å². The highest BCUT2D eigenvalue weighted by molar-refractivity contribution is 5.94. The minimum Gasteiger partial charge on any atom is -0.348 e. The summed E-state index contributed by atoms with van der Waals surface area (Å²) in [7, 11) is 0. The molecule has 3 rings (SSSR count). The zero-order chi connectivity index (χ0) is 14.5. The van der Waals surface area contributed by atoms with Gasteiger partial charge in [-0.05, 0) is 37.2 Å². The topological polar surface area (TPSA) is 59.0 Å². The van der Waals surface area contributed by atoms with Gasteiger partial charge in [0.05, 0.1) is 6.33 Å². The standard InChI is InChI=1S/C16H18N4O.2ClH/c21-16(19-11-13-5-7-17-8-6-13)14-1-3-15(4-2-14)20-10-9-18-12-20;;/h1-5,9-10,12,17H,6-8,11H2,(H,19,21);2*1H. The molecule has 5 nitrogen and oxygen atoms in total. The Morgan fingerprint density at radius 2 is 2.04 bits per heavy atom. The number of aromatic nitrogens is 2. The van der Waals surface area contributed by atoms with Crippen LogP contribution < -0.4 is 10.6 Å². The van der Waals surface area contributed by atoms with E-state index in [1.54, 1.807) is 12.5 Å². The van der Waals surface area contributed by atoms with E-state index in [2.05, 4.69) is 21.7 Å². The van der Waals surface area contributed by atoms with Gasteiger partial charge in [-0.25, -0.2) is 4.98 Å². The molecule has 1 aliphatic heterocycles. The molecule has 0 saturated carbocycles. The number of halogens is 2. The zero-order valence-electron chi connectivity index (χ0n) is 12.6. The summed E-state index contributed by atoms with van der Waals surface area (Å²) >= 11 is 0. The Bertz CT molecular complexity index is 639. The Balaban J connectivity index is 0.00000132.